The van der Waals surface area contributed by atoms with Crippen molar-refractivity contribution in [3.05, 3.63) is 33.9 Å². The Balaban J connectivity index is 2.75. The van der Waals surface area contributed by atoms with E-state index in [0.717, 1.165) is 30.7 Å². The van der Waals surface area contributed by atoms with E-state index in [1.54, 1.807) is 23.9 Å². The van der Waals surface area contributed by atoms with E-state index in [1.807, 2.05) is 13.0 Å². The molecule has 5 nitrogen and oxygen atoms in total. The molecule has 112 valence electrons. The van der Waals surface area contributed by atoms with E-state index in [2.05, 4.69) is 12.2 Å². The van der Waals surface area contributed by atoms with E-state index in [-0.39, 0.29) is 17.2 Å². The highest BCUT2D eigenvalue weighted by atomic mass is 32.2. The fraction of sp³-hybridized carbons (Fsp3) is 0.571. The molecule has 0 amide bonds. The number of aliphatic hydroxyl groups is 1. The first-order valence-electron chi connectivity index (χ1n) is 6.82. The van der Waals surface area contributed by atoms with E-state index < -0.39 is 0 Å². The number of nitro benzene ring substituents is 1. The van der Waals surface area contributed by atoms with E-state index in [1.165, 1.54) is 0 Å². The number of anilines is 1. The molecule has 0 spiro atoms. The second-order valence-corrected chi connectivity index (χ2v) is 6.10. The quantitative estimate of drug-likeness (QED) is 0.539. The predicted octanol–water partition coefficient (Wildman–Crippen LogP) is 3.42. The van der Waals surface area contributed by atoms with Crippen LogP contribution in [0.25, 0.3) is 0 Å². The van der Waals surface area contributed by atoms with Gasteiger partial charge in [0.2, 0.25) is 0 Å². The molecule has 0 bridgehead atoms. The first-order chi connectivity index (χ1) is 9.58. The summed E-state index contributed by atoms with van der Waals surface area (Å²) in [6.07, 6.45) is 1.68. The Bertz CT molecular complexity index is 440. The third-order valence-electron chi connectivity index (χ3n) is 2.89. The topological polar surface area (TPSA) is 75.4 Å². The molecular weight excluding hydrogens is 276 g/mol. The van der Waals surface area contributed by atoms with Crippen LogP contribution in [0, 0.1) is 10.1 Å². The Morgan fingerprint density at radius 1 is 1.50 bits per heavy atom. The third-order valence-corrected chi connectivity index (χ3v) is 4.20. The maximum Gasteiger partial charge on any atom is 0.292 e. The maximum absolute atomic E-state index is 11.0. The smallest absolute Gasteiger partial charge is 0.292 e. The van der Waals surface area contributed by atoms with Gasteiger partial charge in [0.25, 0.3) is 5.69 Å². The summed E-state index contributed by atoms with van der Waals surface area (Å²) in [5.41, 5.74) is 1.77. The Labute approximate surface area is 123 Å². The summed E-state index contributed by atoms with van der Waals surface area (Å²) in [4.78, 5) is 10.6. The van der Waals surface area contributed by atoms with Crippen molar-refractivity contribution in [2.45, 2.75) is 37.7 Å². The molecule has 2 N–H and O–H groups in total. The van der Waals surface area contributed by atoms with Gasteiger partial charge in [-0.1, -0.05) is 19.9 Å². The summed E-state index contributed by atoms with van der Waals surface area (Å²) >= 11 is 1.74. The average Bonchev–Trinajstić information content (AvgIpc) is 2.43. The second-order valence-electron chi connectivity index (χ2n) is 4.67. The first-order valence-corrected chi connectivity index (χ1v) is 7.87. The lowest BCUT2D eigenvalue weighted by Gasteiger charge is -2.11. The van der Waals surface area contributed by atoms with E-state index in [9.17, 15) is 10.1 Å². The zero-order valence-corrected chi connectivity index (χ0v) is 12.8. The second kappa shape index (κ2) is 8.81. The number of benzene rings is 1. The molecule has 1 unspecified atom stereocenters. The van der Waals surface area contributed by atoms with Crippen molar-refractivity contribution in [3.63, 3.8) is 0 Å². The molecule has 0 aliphatic rings. The molecule has 0 radical (unpaired) electrons. The fourth-order valence-corrected chi connectivity index (χ4v) is 2.67. The number of rotatable bonds is 9. The zero-order valence-electron chi connectivity index (χ0n) is 12.0. The molecule has 0 saturated heterocycles. The van der Waals surface area contributed by atoms with Crippen molar-refractivity contribution < 1.29 is 10.0 Å². The lowest BCUT2D eigenvalue weighted by atomic mass is 10.2. The molecule has 1 aromatic rings. The van der Waals surface area contributed by atoms with Crippen molar-refractivity contribution >= 4 is 23.1 Å². The van der Waals surface area contributed by atoms with E-state index >= 15 is 0 Å². The fourth-order valence-electron chi connectivity index (χ4n) is 1.74. The Morgan fingerprint density at radius 3 is 2.85 bits per heavy atom. The largest absolute Gasteiger partial charge is 0.396 e. The van der Waals surface area contributed by atoms with Crippen LogP contribution < -0.4 is 5.32 Å². The summed E-state index contributed by atoms with van der Waals surface area (Å²) in [6.45, 7) is 5.01. The van der Waals surface area contributed by atoms with Crippen molar-refractivity contribution in [3.8, 4) is 0 Å². The van der Waals surface area contributed by atoms with Crippen molar-refractivity contribution in [1.29, 1.82) is 0 Å². The number of thioether (sulfide) groups is 1. The highest BCUT2D eigenvalue weighted by Crippen LogP contribution is 2.28. The van der Waals surface area contributed by atoms with Crippen LogP contribution in [0.1, 0.15) is 32.3 Å². The van der Waals surface area contributed by atoms with Gasteiger partial charge in [-0.15, -0.1) is 0 Å². The van der Waals surface area contributed by atoms with E-state index in [0.29, 0.717) is 10.9 Å². The van der Waals surface area contributed by atoms with Gasteiger partial charge in [-0.05, 0) is 24.5 Å². The average molecular weight is 298 g/mol. The van der Waals surface area contributed by atoms with Crippen LogP contribution in [0.3, 0.4) is 0 Å². The molecule has 0 heterocycles. The lowest BCUT2D eigenvalue weighted by Crippen LogP contribution is -2.04. The maximum atomic E-state index is 11.0. The van der Waals surface area contributed by atoms with Crippen molar-refractivity contribution in [2.75, 3.05) is 18.5 Å². The number of hydrogen-bond acceptors (Lipinski definition) is 5. The summed E-state index contributed by atoms with van der Waals surface area (Å²) in [6, 6.07) is 5.21. The number of hydrogen-bond donors (Lipinski definition) is 2. The van der Waals surface area contributed by atoms with E-state index in [4.69, 9.17) is 5.11 Å². The monoisotopic (exact) mass is 298 g/mol. The highest BCUT2D eigenvalue weighted by Gasteiger charge is 2.14. The minimum atomic E-state index is -0.358. The molecule has 0 aromatic heterocycles. The molecular formula is C14H22N2O3S. The standard InChI is InChI=1S/C14H22N2O3S/c1-3-7-15-13-9-12(4-5-14(13)16(18)19)10-20-11(2)6-8-17/h4-5,9,11,15,17H,3,6-8,10H2,1-2H3. The van der Waals surface area contributed by atoms with Gasteiger partial charge in [0.05, 0.1) is 4.92 Å². The molecule has 1 aromatic carbocycles. The third kappa shape index (κ3) is 5.38. The van der Waals surface area contributed by atoms with Crippen LogP contribution in [0.2, 0.25) is 0 Å². The van der Waals surface area contributed by atoms with Crippen molar-refractivity contribution in [2.24, 2.45) is 0 Å². The molecule has 0 fully saturated rings. The van der Waals surface area contributed by atoms with Gasteiger partial charge < -0.3 is 10.4 Å². The number of nitro groups is 1. The van der Waals surface area contributed by atoms with Crippen LogP contribution >= 0.6 is 11.8 Å². The Hall–Kier alpha value is -1.27. The zero-order chi connectivity index (χ0) is 15.0. The molecule has 1 rings (SSSR count). The van der Waals surface area contributed by atoms with Crippen LogP contribution in [0.4, 0.5) is 11.4 Å². The van der Waals surface area contributed by atoms with Gasteiger partial charge >= 0.3 is 0 Å². The SMILES string of the molecule is CCCNc1cc(CSC(C)CCO)ccc1[N+](=O)[O-]. The molecule has 1 atom stereocenters. The number of nitrogens with one attached hydrogen (secondary N) is 1. The van der Waals surface area contributed by atoms with Gasteiger partial charge in [-0.3, -0.25) is 10.1 Å². The van der Waals surface area contributed by atoms with Crippen LogP contribution in [-0.2, 0) is 5.75 Å². The molecule has 6 heteroatoms. The summed E-state index contributed by atoms with van der Waals surface area (Å²) in [5.74, 6) is 0.792. The minimum absolute atomic E-state index is 0.121. The Kier molecular flexibility index (Phi) is 7.40. The molecule has 0 saturated carbocycles. The predicted molar refractivity (Wildman–Crippen MR) is 84.3 cm³/mol. The van der Waals surface area contributed by atoms with Gasteiger partial charge in [-0.2, -0.15) is 11.8 Å². The number of nitrogens with zero attached hydrogens (tertiary/aromatic N) is 1. The van der Waals surface area contributed by atoms with Crippen LogP contribution in [0.5, 0.6) is 0 Å². The Morgan fingerprint density at radius 2 is 2.25 bits per heavy atom. The first kappa shape index (κ1) is 16.8. The summed E-state index contributed by atoms with van der Waals surface area (Å²) in [5, 5.41) is 23.3. The summed E-state index contributed by atoms with van der Waals surface area (Å²) < 4.78 is 0. The van der Waals surface area contributed by atoms with Gasteiger partial charge in [0.15, 0.2) is 0 Å². The molecule has 20 heavy (non-hydrogen) atoms. The van der Waals surface area contributed by atoms with Gasteiger partial charge in [0.1, 0.15) is 5.69 Å². The van der Waals surface area contributed by atoms with Gasteiger partial charge in [0, 0.05) is 30.2 Å². The molecule has 0 aliphatic heterocycles. The summed E-state index contributed by atoms with van der Waals surface area (Å²) in [7, 11) is 0. The normalized spacial score (nSPS) is 12.2. The van der Waals surface area contributed by atoms with Crippen molar-refractivity contribution in [1.82, 2.24) is 0 Å². The highest BCUT2D eigenvalue weighted by molar-refractivity contribution is 7.99. The van der Waals surface area contributed by atoms with Crippen LogP contribution in [0.15, 0.2) is 18.2 Å². The lowest BCUT2D eigenvalue weighted by molar-refractivity contribution is -0.384. The van der Waals surface area contributed by atoms with Gasteiger partial charge in [-0.25, -0.2) is 0 Å². The minimum Gasteiger partial charge on any atom is -0.396 e. The number of aliphatic hydroxyl groups excluding tert-OH is 1. The van der Waals surface area contributed by atoms with Crippen LogP contribution in [-0.4, -0.2) is 28.4 Å². The molecule has 0 aliphatic carbocycles.